The lowest BCUT2D eigenvalue weighted by Crippen LogP contribution is -2.06. The number of benzene rings is 2. The standard InChI is InChI=1S/C17H15F3OS/c1-12(21)11-16(22-15-5-3-2-4-6-15)13-7-9-14(10-8-13)17(18,19)20/h2-10,16H,11H2,1H3. The Balaban J connectivity index is 2.23. The molecule has 0 radical (unpaired) electrons. The first kappa shape index (κ1) is 16.6. The largest absolute Gasteiger partial charge is 0.416 e. The van der Waals surface area contributed by atoms with Gasteiger partial charge in [0.1, 0.15) is 5.78 Å². The lowest BCUT2D eigenvalue weighted by molar-refractivity contribution is -0.137. The molecular weight excluding hydrogens is 309 g/mol. The maximum atomic E-state index is 12.6. The summed E-state index contributed by atoms with van der Waals surface area (Å²) in [5.41, 5.74) is 0.0413. The van der Waals surface area contributed by atoms with Crippen LogP contribution in [-0.2, 0) is 11.0 Å². The highest BCUT2D eigenvalue weighted by molar-refractivity contribution is 7.99. The van der Waals surface area contributed by atoms with Crippen LogP contribution in [0.3, 0.4) is 0 Å². The van der Waals surface area contributed by atoms with Gasteiger partial charge >= 0.3 is 6.18 Å². The predicted octanol–water partition coefficient (Wildman–Crippen LogP) is 5.52. The van der Waals surface area contributed by atoms with E-state index in [0.29, 0.717) is 0 Å². The fourth-order valence-electron chi connectivity index (χ4n) is 2.04. The number of alkyl halides is 3. The summed E-state index contributed by atoms with van der Waals surface area (Å²) in [4.78, 5) is 12.4. The average molecular weight is 324 g/mol. The molecule has 0 saturated heterocycles. The Labute approximate surface area is 131 Å². The fourth-order valence-corrected chi connectivity index (χ4v) is 3.29. The molecule has 1 nitrogen and oxygen atoms in total. The molecule has 0 aliphatic carbocycles. The normalized spacial score (nSPS) is 12.9. The number of rotatable bonds is 5. The molecular formula is C17H15F3OS. The number of carbonyl (C=O) groups is 1. The molecule has 0 spiro atoms. The van der Waals surface area contributed by atoms with Gasteiger partial charge in [-0.25, -0.2) is 0 Å². The summed E-state index contributed by atoms with van der Waals surface area (Å²) in [6.07, 6.45) is -4.06. The van der Waals surface area contributed by atoms with Crippen molar-refractivity contribution < 1.29 is 18.0 Å². The molecule has 0 aliphatic rings. The van der Waals surface area contributed by atoms with Crippen molar-refractivity contribution in [2.45, 2.75) is 29.7 Å². The molecule has 1 unspecified atom stereocenters. The minimum absolute atomic E-state index is 0.00771. The van der Waals surface area contributed by atoms with Crippen LogP contribution < -0.4 is 0 Å². The summed E-state index contributed by atoms with van der Waals surface area (Å²) in [5.74, 6) is 0.00771. The summed E-state index contributed by atoms with van der Waals surface area (Å²) >= 11 is 1.48. The molecule has 0 amide bonds. The monoisotopic (exact) mass is 324 g/mol. The fraction of sp³-hybridized carbons (Fsp3) is 0.235. The smallest absolute Gasteiger partial charge is 0.300 e. The van der Waals surface area contributed by atoms with Gasteiger partial charge in [-0.3, -0.25) is 4.79 Å². The van der Waals surface area contributed by atoms with E-state index in [-0.39, 0.29) is 17.5 Å². The van der Waals surface area contributed by atoms with E-state index in [9.17, 15) is 18.0 Å². The summed E-state index contributed by atoms with van der Waals surface area (Å²) in [5, 5.41) is -0.192. The van der Waals surface area contributed by atoms with Crippen molar-refractivity contribution in [1.82, 2.24) is 0 Å². The van der Waals surface area contributed by atoms with E-state index in [1.165, 1.54) is 30.8 Å². The molecule has 0 aliphatic heterocycles. The number of ketones is 1. The van der Waals surface area contributed by atoms with Crippen molar-refractivity contribution in [3.8, 4) is 0 Å². The molecule has 5 heteroatoms. The van der Waals surface area contributed by atoms with Crippen LogP contribution in [0.2, 0.25) is 0 Å². The van der Waals surface area contributed by atoms with Crippen LogP contribution >= 0.6 is 11.8 Å². The third-order valence-corrected chi connectivity index (χ3v) is 4.37. The number of Topliss-reactive ketones (excluding diaryl/α,β-unsaturated/α-hetero) is 1. The molecule has 0 heterocycles. The van der Waals surface area contributed by atoms with Crippen molar-refractivity contribution in [1.29, 1.82) is 0 Å². The van der Waals surface area contributed by atoms with Crippen LogP contribution in [0.15, 0.2) is 59.5 Å². The minimum Gasteiger partial charge on any atom is -0.300 e. The Hall–Kier alpha value is -1.75. The highest BCUT2D eigenvalue weighted by Gasteiger charge is 2.30. The lowest BCUT2D eigenvalue weighted by Gasteiger charge is -2.17. The van der Waals surface area contributed by atoms with Crippen LogP contribution in [0.1, 0.15) is 29.7 Å². The molecule has 116 valence electrons. The Kier molecular flexibility index (Phi) is 5.29. The van der Waals surface area contributed by atoms with E-state index in [2.05, 4.69) is 0 Å². The minimum atomic E-state index is -4.35. The first-order valence-corrected chi connectivity index (χ1v) is 7.62. The van der Waals surface area contributed by atoms with Gasteiger partial charge in [0.05, 0.1) is 5.56 Å². The van der Waals surface area contributed by atoms with Gasteiger partial charge in [0, 0.05) is 16.6 Å². The van der Waals surface area contributed by atoms with Crippen LogP contribution in [0.25, 0.3) is 0 Å². The Morgan fingerprint density at radius 1 is 1.05 bits per heavy atom. The maximum absolute atomic E-state index is 12.6. The van der Waals surface area contributed by atoms with Gasteiger partial charge in [0.25, 0.3) is 0 Å². The van der Waals surface area contributed by atoms with Crippen molar-refractivity contribution in [3.05, 3.63) is 65.7 Å². The molecule has 0 N–H and O–H groups in total. The van der Waals surface area contributed by atoms with Crippen LogP contribution in [0.5, 0.6) is 0 Å². The molecule has 22 heavy (non-hydrogen) atoms. The third-order valence-electron chi connectivity index (χ3n) is 3.10. The van der Waals surface area contributed by atoms with Crippen LogP contribution in [0.4, 0.5) is 13.2 Å². The van der Waals surface area contributed by atoms with Gasteiger partial charge in [0.15, 0.2) is 0 Å². The van der Waals surface area contributed by atoms with Crippen LogP contribution in [0, 0.1) is 0 Å². The molecule has 0 bridgehead atoms. The quantitative estimate of drug-likeness (QED) is 0.674. The second kappa shape index (κ2) is 7.01. The van der Waals surface area contributed by atoms with Gasteiger partial charge in [0.2, 0.25) is 0 Å². The van der Waals surface area contributed by atoms with Gasteiger partial charge < -0.3 is 0 Å². The van der Waals surface area contributed by atoms with E-state index < -0.39 is 11.7 Å². The summed E-state index contributed by atoms with van der Waals surface area (Å²) in [7, 11) is 0. The van der Waals surface area contributed by atoms with Crippen LogP contribution in [-0.4, -0.2) is 5.78 Å². The second-order valence-electron chi connectivity index (χ2n) is 4.95. The SMILES string of the molecule is CC(=O)CC(Sc1ccccc1)c1ccc(C(F)(F)F)cc1. The van der Waals surface area contributed by atoms with Gasteiger partial charge in [-0.1, -0.05) is 30.3 Å². The maximum Gasteiger partial charge on any atom is 0.416 e. The molecule has 1 atom stereocenters. The number of hydrogen-bond donors (Lipinski definition) is 0. The summed E-state index contributed by atoms with van der Waals surface area (Å²) in [6.45, 7) is 1.49. The van der Waals surface area contributed by atoms with Crippen molar-refractivity contribution in [3.63, 3.8) is 0 Å². The zero-order chi connectivity index (χ0) is 16.2. The predicted molar refractivity (Wildman–Crippen MR) is 81.8 cm³/mol. The highest BCUT2D eigenvalue weighted by atomic mass is 32.2. The molecule has 2 aromatic rings. The zero-order valence-corrected chi connectivity index (χ0v) is 12.7. The van der Waals surface area contributed by atoms with E-state index in [4.69, 9.17) is 0 Å². The van der Waals surface area contributed by atoms with Gasteiger partial charge in [-0.2, -0.15) is 13.2 Å². The first-order valence-electron chi connectivity index (χ1n) is 6.74. The molecule has 0 aromatic heterocycles. The van der Waals surface area contributed by atoms with E-state index in [1.807, 2.05) is 30.3 Å². The topological polar surface area (TPSA) is 17.1 Å². The molecule has 2 rings (SSSR count). The molecule has 0 saturated carbocycles. The molecule has 0 fully saturated rings. The van der Waals surface area contributed by atoms with E-state index >= 15 is 0 Å². The average Bonchev–Trinajstić information content (AvgIpc) is 2.46. The van der Waals surface area contributed by atoms with Crippen molar-refractivity contribution in [2.24, 2.45) is 0 Å². The van der Waals surface area contributed by atoms with E-state index in [1.54, 1.807) is 0 Å². The zero-order valence-electron chi connectivity index (χ0n) is 11.9. The number of hydrogen-bond acceptors (Lipinski definition) is 2. The third kappa shape index (κ3) is 4.63. The first-order chi connectivity index (χ1) is 10.4. The molecule has 2 aromatic carbocycles. The highest BCUT2D eigenvalue weighted by Crippen LogP contribution is 2.39. The van der Waals surface area contributed by atoms with Gasteiger partial charge in [-0.05, 0) is 36.8 Å². The Morgan fingerprint density at radius 3 is 2.14 bits per heavy atom. The lowest BCUT2D eigenvalue weighted by atomic mass is 10.1. The number of halogens is 3. The van der Waals surface area contributed by atoms with Crippen molar-refractivity contribution >= 4 is 17.5 Å². The summed E-state index contributed by atoms with van der Waals surface area (Å²) < 4.78 is 37.9. The Bertz CT molecular complexity index is 621. The van der Waals surface area contributed by atoms with E-state index in [0.717, 1.165) is 22.6 Å². The Morgan fingerprint density at radius 2 is 1.64 bits per heavy atom. The summed E-state index contributed by atoms with van der Waals surface area (Å²) in [6, 6.07) is 14.5. The van der Waals surface area contributed by atoms with Gasteiger partial charge in [-0.15, -0.1) is 11.8 Å². The van der Waals surface area contributed by atoms with Crippen molar-refractivity contribution in [2.75, 3.05) is 0 Å². The number of carbonyl (C=O) groups excluding carboxylic acids is 1. The second-order valence-corrected chi connectivity index (χ2v) is 6.22. The number of thioether (sulfide) groups is 1.